The van der Waals surface area contributed by atoms with Crippen molar-refractivity contribution >= 4 is 24.2 Å². The second kappa shape index (κ2) is 7.26. The summed E-state index contributed by atoms with van der Waals surface area (Å²) in [5, 5.41) is 0. The predicted molar refractivity (Wildman–Crippen MR) is 133 cm³/mol. The second-order valence-corrected chi connectivity index (χ2v) is 42.7. The molecular formula is C24H39CeSi3. The Morgan fingerprint density at radius 3 is 0.714 bits per heavy atom. The molecule has 0 bridgehead atoms. The predicted octanol–water partition coefficient (Wildman–Crippen LogP) is 8.09. The molecule has 0 amide bonds. The first-order chi connectivity index (χ1) is 12.7. The standard InChI is InChI=1S/3C8H13Si.Ce/c3*1-9(2,3)8-6-4-5-7-8;/h3*4-7H,1-3H3;. The first-order valence-electron chi connectivity index (χ1n) is 10.7. The van der Waals surface area contributed by atoms with Crippen LogP contribution in [0.15, 0.2) is 72.9 Å². The van der Waals surface area contributed by atoms with Crippen molar-refractivity contribution in [3.63, 3.8) is 0 Å². The molecule has 0 aromatic carbocycles. The molecule has 3 aliphatic carbocycles. The van der Waals surface area contributed by atoms with Crippen LogP contribution in [0.1, 0.15) is 0 Å². The van der Waals surface area contributed by atoms with Crippen molar-refractivity contribution in [3.05, 3.63) is 72.9 Å². The zero-order valence-electron chi connectivity index (χ0n) is 19.4. The van der Waals surface area contributed by atoms with Gasteiger partial charge in [0.1, 0.15) is 0 Å². The second-order valence-electron chi connectivity index (χ2n) is 11.9. The van der Waals surface area contributed by atoms with Crippen LogP contribution in [0, 0.1) is 35.5 Å². The number of rotatable bonds is 6. The monoisotopic (exact) mass is 551 g/mol. The molecule has 0 aliphatic heterocycles. The van der Waals surface area contributed by atoms with Crippen LogP contribution < -0.4 is 0 Å². The van der Waals surface area contributed by atoms with E-state index in [1.807, 2.05) is 0 Å². The van der Waals surface area contributed by atoms with E-state index < -0.39 is 59.7 Å². The molecule has 0 unspecified atom stereocenters. The molecule has 0 heterocycles. The summed E-state index contributed by atoms with van der Waals surface area (Å²) in [6, 6.07) is 0. The van der Waals surface area contributed by atoms with Crippen LogP contribution in [0.4, 0.5) is 0 Å². The summed E-state index contributed by atoms with van der Waals surface area (Å²) in [4.78, 5) is 0. The minimum absolute atomic E-state index is 0.371. The van der Waals surface area contributed by atoms with Gasteiger partial charge in [0.05, 0.1) is 0 Å². The van der Waals surface area contributed by atoms with E-state index in [2.05, 4.69) is 132 Å². The first-order valence-corrected chi connectivity index (χ1v) is 25.9. The number of hydrogen-bond donors (Lipinski definition) is 0. The molecule has 0 spiro atoms. The van der Waals surface area contributed by atoms with E-state index in [4.69, 9.17) is 0 Å². The molecule has 0 saturated carbocycles. The van der Waals surface area contributed by atoms with Crippen molar-refractivity contribution < 1.29 is 35.5 Å². The summed E-state index contributed by atoms with van der Waals surface area (Å²) in [7, 11) is -4.48. The van der Waals surface area contributed by atoms with E-state index in [9.17, 15) is 0 Å². The van der Waals surface area contributed by atoms with Gasteiger partial charge in [-0.15, -0.1) is 0 Å². The maximum atomic E-state index is 2.70. The van der Waals surface area contributed by atoms with Gasteiger partial charge in [-0.2, -0.15) is 0 Å². The fourth-order valence-electron chi connectivity index (χ4n) is 5.56. The SMILES string of the molecule is C[Si](C)(C)[C]1([Ce]([C]2([Si](C)(C)C)C=CC=C2)[C]2([Si](C)(C)C)C=CC=C2)C=CC=C1. The fourth-order valence-corrected chi connectivity index (χ4v) is 55.8. The molecule has 0 aromatic rings. The number of allylic oxidation sites excluding steroid dienone is 12. The van der Waals surface area contributed by atoms with E-state index in [0.29, 0.717) is 1.67 Å². The molecule has 0 radical (unpaired) electrons. The average molecular weight is 552 g/mol. The Bertz CT molecular complexity index is 659. The van der Waals surface area contributed by atoms with Crippen LogP contribution in [0.5, 0.6) is 0 Å². The fraction of sp³-hybridized carbons (Fsp3) is 0.500. The van der Waals surface area contributed by atoms with Crippen LogP contribution in [-0.4, -0.2) is 24.2 Å². The summed E-state index contributed by atoms with van der Waals surface area (Å²) in [5.74, 6) is 0. The summed E-state index contributed by atoms with van der Waals surface area (Å²) < 4.78 is 1.11. The zero-order chi connectivity index (χ0) is 21.1. The molecule has 0 nitrogen and oxygen atoms in total. The third-order valence-electron chi connectivity index (χ3n) is 7.45. The van der Waals surface area contributed by atoms with Crippen LogP contribution in [0.2, 0.25) is 60.6 Å². The molecule has 3 rings (SSSR count). The van der Waals surface area contributed by atoms with Gasteiger partial charge in [-0.3, -0.25) is 0 Å². The normalized spacial score (nSPS) is 23.9. The van der Waals surface area contributed by atoms with Crippen LogP contribution in [0.25, 0.3) is 0 Å². The van der Waals surface area contributed by atoms with Gasteiger partial charge >= 0.3 is 193 Å². The Hall–Kier alpha value is 0.467. The molecule has 0 atom stereocenters. The van der Waals surface area contributed by atoms with Crippen LogP contribution in [0.3, 0.4) is 0 Å². The summed E-state index contributed by atoms with van der Waals surface area (Å²) in [5.41, 5.74) is 0. The Kier molecular flexibility index (Phi) is 6.00. The Morgan fingerprint density at radius 2 is 0.571 bits per heavy atom. The van der Waals surface area contributed by atoms with Crippen molar-refractivity contribution in [3.8, 4) is 0 Å². The Balaban J connectivity index is 2.44. The zero-order valence-corrected chi connectivity index (χ0v) is 25.6. The van der Waals surface area contributed by atoms with E-state index in [1.165, 1.54) is 0 Å². The molecule has 28 heavy (non-hydrogen) atoms. The van der Waals surface area contributed by atoms with Crippen molar-refractivity contribution in [1.29, 1.82) is 0 Å². The number of hydrogen-bond acceptors (Lipinski definition) is 0. The molecule has 0 fully saturated rings. The Labute approximate surface area is 191 Å². The summed E-state index contributed by atoms with van der Waals surface area (Å²) in [6.07, 6.45) is 30.6. The molecular weight excluding hydrogens is 513 g/mol. The molecule has 0 saturated heterocycles. The van der Waals surface area contributed by atoms with Gasteiger partial charge in [-0.1, -0.05) is 0 Å². The van der Waals surface area contributed by atoms with Gasteiger partial charge in [0.15, 0.2) is 0 Å². The van der Waals surface area contributed by atoms with Crippen molar-refractivity contribution in [2.45, 2.75) is 60.6 Å². The van der Waals surface area contributed by atoms with Crippen molar-refractivity contribution in [2.24, 2.45) is 0 Å². The third kappa shape index (κ3) is 3.27. The average Bonchev–Trinajstić information content (AvgIpc) is 3.27. The molecule has 0 aromatic heterocycles. The summed E-state index contributed by atoms with van der Waals surface area (Å²) in [6.45, 7) is 23.7. The van der Waals surface area contributed by atoms with Gasteiger partial charge in [0.2, 0.25) is 0 Å². The van der Waals surface area contributed by atoms with Crippen LogP contribution >= 0.6 is 0 Å². The maximum absolute atomic E-state index is 2.70. The van der Waals surface area contributed by atoms with Gasteiger partial charge in [-0.25, -0.2) is 0 Å². The van der Waals surface area contributed by atoms with Crippen molar-refractivity contribution in [2.75, 3.05) is 0 Å². The first kappa shape index (κ1) is 23.1. The van der Waals surface area contributed by atoms with E-state index in [-0.39, 0.29) is 0 Å². The van der Waals surface area contributed by atoms with E-state index in [0.717, 1.165) is 0 Å². The van der Waals surface area contributed by atoms with E-state index >= 15 is 0 Å². The third-order valence-corrected chi connectivity index (χ3v) is 53.5. The molecule has 4 heteroatoms. The van der Waals surface area contributed by atoms with Gasteiger partial charge in [0, 0.05) is 0 Å². The molecule has 151 valence electrons. The van der Waals surface area contributed by atoms with Crippen LogP contribution in [-0.2, 0) is 0 Å². The van der Waals surface area contributed by atoms with Gasteiger partial charge in [-0.05, 0) is 0 Å². The molecule has 3 aliphatic rings. The summed E-state index contributed by atoms with van der Waals surface area (Å²) >= 11 is -2.60. The van der Waals surface area contributed by atoms with E-state index in [1.54, 1.807) is 0 Å². The van der Waals surface area contributed by atoms with Gasteiger partial charge in [0.25, 0.3) is 0 Å². The minimum atomic E-state index is -2.60. The Morgan fingerprint density at radius 1 is 0.393 bits per heavy atom. The topological polar surface area (TPSA) is 0 Å². The quantitative estimate of drug-likeness (QED) is 0.293. The van der Waals surface area contributed by atoms with Gasteiger partial charge < -0.3 is 0 Å². The molecule has 0 N–H and O–H groups in total. The van der Waals surface area contributed by atoms with Crippen molar-refractivity contribution in [1.82, 2.24) is 0 Å².